The Morgan fingerprint density at radius 2 is 2.06 bits per heavy atom. The van der Waals surface area contributed by atoms with Crippen LogP contribution in [0.1, 0.15) is 36.2 Å². The van der Waals surface area contributed by atoms with E-state index in [-0.39, 0.29) is 11.4 Å². The van der Waals surface area contributed by atoms with Crippen molar-refractivity contribution in [2.45, 2.75) is 32.7 Å². The van der Waals surface area contributed by atoms with Crippen LogP contribution in [0.4, 0.5) is 4.39 Å². The van der Waals surface area contributed by atoms with Crippen molar-refractivity contribution >= 4 is 5.91 Å². The number of carbonyl (C=O) groups excluding carboxylic acids is 1. The van der Waals surface area contributed by atoms with Gasteiger partial charge in [0.2, 0.25) is 0 Å². The zero-order valence-corrected chi connectivity index (χ0v) is 10.5. The third-order valence-corrected chi connectivity index (χ3v) is 2.53. The molecule has 17 heavy (non-hydrogen) atoms. The molecule has 0 bridgehead atoms. The average molecular weight is 238 g/mol. The van der Waals surface area contributed by atoms with Gasteiger partial charge in [-0.1, -0.05) is 0 Å². The van der Waals surface area contributed by atoms with Gasteiger partial charge >= 0.3 is 0 Å². The molecule has 0 heterocycles. The Balaban J connectivity index is 2.83. The van der Waals surface area contributed by atoms with Crippen LogP contribution in [-0.2, 0) is 0 Å². The molecule has 0 aliphatic heterocycles. The van der Waals surface area contributed by atoms with Gasteiger partial charge in [0, 0.05) is 11.1 Å². The van der Waals surface area contributed by atoms with Crippen LogP contribution < -0.4 is 11.1 Å². The summed E-state index contributed by atoms with van der Waals surface area (Å²) in [6, 6.07) is 4.29. The molecule has 0 fully saturated rings. The fourth-order valence-electron chi connectivity index (χ4n) is 1.67. The molecule has 1 amide bonds. The number of nitrogens with one attached hydrogen (secondary N) is 1. The lowest BCUT2D eigenvalue weighted by molar-refractivity contribution is 0.0910. The van der Waals surface area contributed by atoms with Gasteiger partial charge in [0.1, 0.15) is 5.82 Å². The molecule has 0 unspecified atom stereocenters. The quantitative estimate of drug-likeness (QED) is 0.842. The van der Waals surface area contributed by atoms with Gasteiger partial charge in [-0.2, -0.15) is 0 Å². The predicted molar refractivity (Wildman–Crippen MR) is 66.4 cm³/mol. The maximum absolute atomic E-state index is 13.2. The average Bonchev–Trinajstić information content (AvgIpc) is 2.14. The van der Waals surface area contributed by atoms with E-state index in [1.807, 2.05) is 13.8 Å². The van der Waals surface area contributed by atoms with Crippen LogP contribution in [0.25, 0.3) is 0 Å². The topological polar surface area (TPSA) is 55.1 Å². The number of aryl methyl sites for hydroxylation is 1. The molecule has 1 rings (SSSR count). The Labute approximate surface area is 101 Å². The number of amides is 1. The zero-order valence-electron chi connectivity index (χ0n) is 10.5. The molecule has 1 aromatic rings. The summed E-state index contributed by atoms with van der Waals surface area (Å²) < 4.78 is 13.2. The first-order valence-corrected chi connectivity index (χ1v) is 5.64. The molecule has 0 saturated heterocycles. The number of carbonyl (C=O) groups is 1. The first-order chi connectivity index (χ1) is 7.84. The number of hydrogen-bond donors (Lipinski definition) is 2. The van der Waals surface area contributed by atoms with Crippen molar-refractivity contribution in [2.75, 3.05) is 6.54 Å². The summed E-state index contributed by atoms with van der Waals surface area (Å²) in [6.45, 7) is 6.04. The van der Waals surface area contributed by atoms with Crippen LogP contribution in [0.2, 0.25) is 0 Å². The van der Waals surface area contributed by atoms with Crippen molar-refractivity contribution in [1.82, 2.24) is 5.32 Å². The van der Waals surface area contributed by atoms with Gasteiger partial charge in [0.25, 0.3) is 5.91 Å². The van der Waals surface area contributed by atoms with E-state index in [0.29, 0.717) is 18.5 Å². The maximum Gasteiger partial charge on any atom is 0.251 e. The lowest BCUT2D eigenvalue weighted by Gasteiger charge is -2.25. The van der Waals surface area contributed by atoms with Crippen molar-refractivity contribution in [1.29, 1.82) is 0 Å². The van der Waals surface area contributed by atoms with E-state index in [9.17, 15) is 9.18 Å². The van der Waals surface area contributed by atoms with E-state index in [0.717, 1.165) is 5.56 Å². The molecule has 0 spiro atoms. The lowest BCUT2D eigenvalue weighted by atomic mass is 10.00. The van der Waals surface area contributed by atoms with Crippen LogP contribution in [0.5, 0.6) is 0 Å². The normalized spacial score (nSPS) is 11.4. The Bertz CT molecular complexity index is 396. The van der Waals surface area contributed by atoms with E-state index in [1.165, 1.54) is 12.1 Å². The van der Waals surface area contributed by atoms with Crippen molar-refractivity contribution in [3.8, 4) is 0 Å². The van der Waals surface area contributed by atoms with Crippen molar-refractivity contribution < 1.29 is 9.18 Å². The van der Waals surface area contributed by atoms with E-state index in [2.05, 4.69) is 5.32 Å². The van der Waals surface area contributed by atoms with Gasteiger partial charge in [-0.25, -0.2) is 4.39 Å². The monoisotopic (exact) mass is 238 g/mol. The van der Waals surface area contributed by atoms with Crippen LogP contribution in [0, 0.1) is 12.7 Å². The van der Waals surface area contributed by atoms with E-state index in [1.54, 1.807) is 13.0 Å². The second kappa shape index (κ2) is 5.27. The molecule has 0 aliphatic carbocycles. The molecule has 3 N–H and O–H groups in total. The van der Waals surface area contributed by atoms with Crippen LogP contribution in [0.3, 0.4) is 0 Å². The smallest absolute Gasteiger partial charge is 0.251 e. The third-order valence-electron chi connectivity index (χ3n) is 2.53. The summed E-state index contributed by atoms with van der Waals surface area (Å²) in [6.07, 6.45) is 0.674. The Hall–Kier alpha value is -1.42. The van der Waals surface area contributed by atoms with Gasteiger partial charge in [-0.05, 0) is 57.5 Å². The van der Waals surface area contributed by atoms with Crippen molar-refractivity contribution in [3.05, 3.63) is 35.1 Å². The van der Waals surface area contributed by atoms with Gasteiger partial charge < -0.3 is 11.1 Å². The summed E-state index contributed by atoms with van der Waals surface area (Å²) in [4.78, 5) is 11.9. The Kier molecular flexibility index (Phi) is 4.23. The maximum atomic E-state index is 13.2. The van der Waals surface area contributed by atoms with Crippen molar-refractivity contribution in [2.24, 2.45) is 5.73 Å². The summed E-state index contributed by atoms with van der Waals surface area (Å²) in [5.74, 6) is -0.669. The highest BCUT2D eigenvalue weighted by molar-refractivity contribution is 5.94. The summed E-state index contributed by atoms with van der Waals surface area (Å²) in [5, 5.41) is 2.84. The molecule has 0 atom stereocenters. The largest absolute Gasteiger partial charge is 0.347 e. The highest BCUT2D eigenvalue weighted by Gasteiger charge is 2.20. The Morgan fingerprint density at radius 3 is 2.59 bits per heavy atom. The molecule has 0 aliphatic rings. The first kappa shape index (κ1) is 13.6. The van der Waals surface area contributed by atoms with Crippen LogP contribution >= 0.6 is 0 Å². The second-order valence-electron chi connectivity index (χ2n) is 4.89. The highest BCUT2D eigenvalue weighted by Crippen LogP contribution is 2.12. The lowest BCUT2D eigenvalue weighted by Crippen LogP contribution is -2.44. The molecular weight excluding hydrogens is 219 g/mol. The van der Waals surface area contributed by atoms with Crippen LogP contribution in [0.15, 0.2) is 18.2 Å². The fourth-order valence-corrected chi connectivity index (χ4v) is 1.67. The number of hydrogen-bond acceptors (Lipinski definition) is 2. The number of benzene rings is 1. The number of rotatable bonds is 4. The van der Waals surface area contributed by atoms with E-state index >= 15 is 0 Å². The minimum atomic E-state index is -0.396. The standard InChI is InChI=1S/C13H19FN2O/c1-9-6-10(8-11(14)7-9)12(17)16-13(2,3)4-5-15/h6-8H,4-5,15H2,1-3H3,(H,16,17). The summed E-state index contributed by atoms with van der Waals surface area (Å²) in [7, 11) is 0. The second-order valence-corrected chi connectivity index (χ2v) is 4.89. The van der Waals surface area contributed by atoms with E-state index in [4.69, 9.17) is 5.73 Å². The Morgan fingerprint density at radius 1 is 1.41 bits per heavy atom. The molecule has 4 heteroatoms. The third kappa shape index (κ3) is 4.15. The summed E-state index contributed by atoms with van der Waals surface area (Å²) in [5.41, 5.74) is 6.15. The summed E-state index contributed by atoms with van der Waals surface area (Å²) >= 11 is 0. The van der Waals surface area contributed by atoms with Gasteiger partial charge in [0.15, 0.2) is 0 Å². The van der Waals surface area contributed by atoms with E-state index < -0.39 is 5.82 Å². The number of nitrogens with two attached hydrogens (primary N) is 1. The van der Waals surface area contributed by atoms with Gasteiger partial charge in [-0.3, -0.25) is 4.79 Å². The van der Waals surface area contributed by atoms with Crippen molar-refractivity contribution in [3.63, 3.8) is 0 Å². The molecule has 3 nitrogen and oxygen atoms in total. The fraction of sp³-hybridized carbons (Fsp3) is 0.462. The van der Waals surface area contributed by atoms with Gasteiger partial charge in [0.05, 0.1) is 0 Å². The highest BCUT2D eigenvalue weighted by atomic mass is 19.1. The molecule has 1 aromatic carbocycles. The SMILES string of the molecule is Cc1cc(F)cc(C(=O)NC(C)(C)CCN)c1. The zero-order chi connectivity index (χ0) is 13.1. The molecular formula is C13H19FN2O. The molecule has 0 saturated carbocycles. The molecule has 94 valence electrons. The molecule has 0 aromatic heterocycles. The molecule has 0 radical (unpaired) electrons. The predicted octanol–water partition coefficient (Wildman–Crippen LogP) is 1.99. The van der Waals surface area contributed by atoms with Gasteiger partial charge in [-0.15, -0.1) is 0 Å². The minimum absolute atomic E-state index is 0.272. The number of halogens is 1. The minimum Gasteiger partial charge on any atom is -0.347 e. The van der Waals surface area contributed by atoms with Crippen LogP contribution in [-0.4, -0.2) is 18.0 Å². The first-order valence-electron chi connectivity index (χ1n) is 5.64.